The van der Waals surface area contributed by atoms with Crippen molar-refractivity contribution in [2.45, 2.75) is 18.8 Å². The van der Waals surface area contributed by atoms with Crippen LogP contribution < -0.4 is 4.48 Å². The number of carboxylic acid groups (broad SMARTS) is 1. The molecule has 1 unspecified atom stereocenters. The first-order valence-electron chi connectivity index (χ1n) is 4.15. The second kappa shape index (κ2) is 3.52. The molecule has 4 nitrogen and oxygen atoms in total. The van der Waals surface area contributed by atoms with Gasteiger partial charge in [0.2, 0.25) is 0 Å². The third-order valence-corrected chi connectivity index (χ3v) is 3.67. The molecule has 0 aliphatic heterocycles. The molecule has 6 heteroatoms. The van der Waals surface area contributed by atoms with E-state index < -0.39 is 5.97 Å². The van der Waals surface area contributed by atoms with Crippen LogP contribution in [0.15, 0.2) is 0 Å². The Morgan fingerprint density at radius 2 is 2.14 bits per heavy atom. The Kier molecular flexibility index (Phi) is 2.50. The fourth-order valence-corrected chi connectivity index (χ4v) is 1.88. The summed E-state index contributed by atoms with van der Waals surface area (Å²) in [4.78, 5) is 19.0. The molecule has 14 heavy (non-hydrogen) atoms. The van der Waals surface area contributed by atoms with Crippen molar-refractivity contribution in [1.29, 1.82) is 0 Å². The quantitative estimate of drug-likeness (QED) is 0.769. The van der Waals surface area contributed by atoms with E-state index in [4.69, 9.17) is 16.7 Å². The van der Waals surface area contributed by atoms with Gasteiger partial charge in [0, 0.05) is 0 Å². The molecule has 0 aromatic carbocycles. The van der Waals surface area contributed by atoms with Crippen LogP contribution >= 0.6 is 11.6 Å². The summed E-state index contributed by atoms with van der Waals surface area (Å²) in [6.45, 7) is 0. The Morgan fingerprint density at radius 1 is 1.50 bits per heavy atom. The number of carbonyl (C=O) groups is 1. The van der Waals surface area contributed by atoms with Gasteiger partial charge in [0.25, 0.3) is 0 Å². The molecule has 0 amide bonds. The van der Waals surface area contributed by atoms with Gasteiger partial charge in [-0.25, -0.2) is 0 Å². The molecular weight excluding hydrogens is 266 g/mol. The molecule has 2 rings (SSSR count). The number of hydrogen-bond acceptors (Lipinski definition) is 3. The first kappa shape index (κ1) is 9.93. The van der Waals surface area contributed by atoms with E-state index in [-0.39, 0.29) is 10.7 Å². The molecule has 74 valence electrons. The number of rotatable bonds is 2. The summed E-state index contributed by atoms with van der Waals surface area (Å²) < 4.78 is 0.605. The van der Waals surface area contributed by atoms with Crippen molar-refractivity contribution in [2.24, 2.45) is 0 Å². The summed E-state index contributed by atoms with van der Waals surface area (Å²) in [6.07, 6.45) is 2.10. The second-order valence-corrected chi connectivity index (χ2v) is 4.73. The molecule has 1 fully saturated rings. The van der Waals surface area contributed by atoms with Crippen LogP contribution in [0.2, 0.25) is 5.02 Å². The van der Waals surface area contributed by atoms with Gasteiger partial charge in [0.15, 0.2) is 0 Å². The van der Waals surface area contributed by atoms with Crippen LogP contribution in [0.25, 0.3) is 0 Å². The average Bonchev–Trinajstić information content (AvgIpc) is 2.91. The van der Waals surface area contributed by atoms with Crippen LogP contribution in [0.4, 0.5) is 0 Å². The van der Waals surface area contributed by atoms with Gasteiger partial charge in [0.1, 0.15) is 0 Å². The van der Waals surface area contributed by atoms with Crippen molar-refractivity contribution < 1.29 is 9.90 Å². The zero-order valence-corrected chi connectivity index (χ0v) is 10.4. The van der Waals surface area contributed by atoms with Crippen LogP contribution in [0.1, 0.15) is 35.1 Å². The first-order valence-corrected chi connectivity index (χ1v) is 5.74. The fraction of sp³-hybridized carbons (Fsp3) is 0.375. The molecular formula is C8H8AsClN2O2. The monoisotopic (exact) mass is 274 g/mol. The van der Waals surface area contributed by atoms with Crippen LogP contribution in [0, 0.1) is 0 Å². The molecule has 1 saturated carbocycles. The van der Waals surface area contributed by atoms with Gasteiger partial charge in [-0.1, -0.05) is 0 Å². The topological polar surface area (TPSA) is 63.1 Å². The predicted molar refractivity (Wildman–Crippen MR) is 54.2 cm³/mol. The van der Waals surface area contributed by atoms with Crippen LogP contribution in [0.5, 0.6) is 0 Å². The fourth-order valence-electron chi connectivity index (χ4n) is 1.15. The van der Waals surface area contributed by atoms with Crippen molar-refractivity contribution in [3.63, 3.8) is 0 Å². The maximum absolute atomic E-state index is 10.8. The molecule has 1 atom stereocenters. The van der Waals surface area contributed by atoms with E-state index in [0.29, 0.717) is 16.2 Å². The van der Waals surface area contributed by atoms with E-state index in [2.05, 4.69) is 9.97 Å². The van der Waals surface area contributed by atoms with Crippen molar-refractivity contribution in [3.8, 4) is 0 Å². The molecule has 0 bridgehead atoms. The zero-order chi connectivity index (χ0) is 10.3. The Morgan fingerprint density at radius 3 is 2.64 bits per heavy atom. The molecule has 1 heterocycles. The number of carboxylic acids is 1. The minimum atomic E-state index is -1.08. The summed E-state index contributed by atoms with van der Waals surface area (Å²) >= 11 is 7.02. The van der Waals surface area contributed by atoms with E-state index in [1.807, 2.05) is 0 Å². The Hall–Kier alpha value is -0.602. The Labute approximate surface area is 94.2 Å². The standard InChI is InChI=1S/C8H8AsClN2O2/c9-6-4(10)5(8(13)14)11-7(12-6)3-1-2-3/h3H,1-2,9H2,(H,13,14). The predicted octanol–water partition coefficient (Wildman–Crippen LogP) is -0.0360. The zero-order valence-electron chi connectivity index (χ0n) is 7.20. The van der Waals surface area contributed by atoms with Crippen molar-refractivity contribution in [3.05, 3.63) is 16.5 Å². The molecule has 1 aliphatic rings. The van der Waals surface area contributed by atoms with Crippen LogP contribution in [-0.4, -0.2) is 37.9 Å². The number of halogens is 1. The molecule has 1 N–H and O–H groups in total. The van der Waals surface area contributed by atoms with Gasteiger partial charge in [-0.05, 0) is 0 Å². The van der Waals surface area contributed by atoms with Crippen molar-refractivity contribution in [1.82, 2.24) is 9.97 Å². The van der Waals surface area contributed by atoms with Gasteiger partial charge in [-0.15, -0.1) is 0 Å². The van der Waals surface area contributed by atoms with E-state index >= 15 is 0 Å². The third kappa shape index (κ3) is 1.77. The maximum atomic E-state index is 10.8. The Bertz CT molecular complexity index is 407. The van der Waals surface area contributed by atoms with Gasteiger partial charge in [-0.2, -0.15) is 0 Å². The second-order valence-electron chi connectivity index (χ2n) is 3.21. The first-order chi connectivity index (χ1) is 6.59. The number of aromatic nitrogens is 2. The summed E-state index contributed by atoms with van der Waals surface area (Å²) in [7, 11) is 0. The Balaban J connectivity index is 2.51. The molecule has 0 radical (unpaired) electrons. The normalized spacial score (nSPS) is 15.6. The van der Waals surface area contributed by atoms with E-state index in [0.717, 1.165) is 12.8 Å². The van der Waals surface area contributed by atoms with E-state index in [1.165, 1.54) is 16.9 Å². The molecule has 1 aromatic heterocycles. The van der Waals surface area contributed by atoms with Crippen LogP contribution in [0.3, 0.4) is 0 Å². The minimum absolute atomic E-state index is 0.0667. The van der Waals surface area contributed by atoms with Crippen molar-refractivity contribution >= 4 is 38.9 Å². The van der Waals surface area contributed by atoms with Gasteiger partial charge < -0.3 is 0 Å². The molecule has 1 aliphatic carbocycles. The van der Waals surface area contributed by atoms with E-state index in [1.54, 1.807) is 0 Å². The summed E-state index contributed by atoms with van der Waals surface area (Å²) in [5.41, 5.74) is -0.0667. The van der Waals surface area contributed by atoms with Gasteiger partial charge >= 0.3 is 94.1 Å². The third-order valence-electron chi connectivity index (χ3n) is 2.04. The summed E-state index contributed by atoms with van der Waals surface area (Å²) in [6, 6.07) is 0. The van der Waals surface area contributed by atoms with Crippen LogP contribution in [-0.2, 0) is 0 Å². The molecule has 0 spiro atoms. The SMILES string of the molecule is O=C(O)c1nc(C2CC2)nc([AsH2])c1Cl. The summed E-state index contributed by atoms with van der Waals surface area (Å²) in [5.74, 6) is -0.107. The van der Waals surface area contributed by atoms with Gasteiger partial charge in [0.05, 0.1) is 0 Å². The number of aromatic carboxylic acids is 1. The number of hydrogen-bond donors (Lipinski definition) is 1. The van der Waals surface area contributed by atoms with E-state index in [9.17, 15) is 4.79 Å². The summed E-state index contributed by atoms with van der Waals surface area (Å²) in [5, 5.41) is 9.02. The average molecular weight is 275 g/mol. The van der Waals surface area contributed by atoms with Crippen molar-refractivity contribution in [2.75, 3.05) is 0 Å². The molecule has 0 saturated heterocycles. The number of nitrogens with zero attached hydrogens (tertiary/aromatic N) is 2. The molecule has 1 aromatic rings. The van der Waals surface area contributed by atoms with Gasteiger partial charge in [-0.3, -0.25) is 0 Å².